The predicted octanol–water partition coefficient (Wildman–Crippen LogP) is 2.35. The van der Waals surface area contributed by atoms with Crippen molar-refractivity contribution in [1.82, 2.24) is 19.7 Å². The Balaban J connectivity index is 2.25. The quantitative estimate of drug-likeness (QED) is 0.489. The molecule has 0 fully saturated rings. The molecule has 0 atom stereocenters. The molecule has 0 spiro atoms. The van der Waals surface area contributed by atoms with Crippen molar-refractivity contribution < 1.29 is 17.9 Å². The second kappa shape index (κ2) is 7.16. The average molecular weight is 400 g/mol. The van der Waals surface area contributed by atoms with Gasteiger partial charge in [-0.2, -0.15) is 5.10 Å². The second-order valence-electron chi connectivity index (χ2n) is 6.51. The summed E-state index contributed by atoms with van der Waals surface area (Å²) >= 11 is 0. The summed E-state index contributed by atoms with van der Waals surface area (Å²) in [7, 11) is -0.340. The van der Waals surface area contributed by atoms with Crippen LogP contribution in [0.4, 0.5) is 0 Å². The maximum Gasteiger partial charge on any atom is 0.338 e. The van der Waals surface area contributed by atoms with Gasteiger partial charge in [-0.25, -0.2) is 23.2 Å². The number of carbonyl (C=O) groups excluding carboxylic acids is 1. The number of sulfone groups is 1. The highest BCUT2D eigenvalue weighted by Gasteiger charge is 2.20. The largest absolute Gasteiger partial charge is 0.465 e. The number of benzene rings is 1. The number of esters is 1. The summed E-state index contributed by atoms with van der Waals surface area (Å²) in [4.78, 5) is 20.2. The Morgan fingerprint density at radius 2 is 1.71 bits per heavy atom. The van der Waals surface area contributed by atoms with Crippen LogP contribution in [-0.4, -0.2) is 47.5 Å². The lowest BCUT2D eigenvalue weighted by Crippen LogP contribution is -2.07. The molecular weight excluding hydrogens is 380 g/mol. The third-order valence-corrected chi connectivity index (χ3v) is 5.36. The molecule has 3 aromatic rings. The van der Waals surface area contributed by atoms with Crippen LogP contribution in [0, 0.1) is 13.8 Å². The van der Waals surface area contributed by atoms with Gasteiger partial charge in [-0.1, -0.05) is 0 Å². The van der Waals surface area contributed by atoms with Gasteiger partial charge >= 0.3 is 5.97 Å². The molecule has 0 N–H and O–H groups in total. The van der Waals surface area contributed by atoms with Crippen LogP contribution >= 0.6 is 0 Å². The molecule has 2 aromatic heterocycles. The monoisotopic (exact) mass is 400 g/mol. The smallest absolute Gasteiger partial charge is 0.338 e. The molecule has 0 aliphatic rings. The number of aryl methyl sites for hydroxylation is 2. The first-order valence-electron chi connectivity index (χ1n) is 8.38. The number of nitrogens with zero attached hydrogens (tertiary/aromatic N) is 4. The van der Waals surface area contributed by atoms with Crippen LogP contribution < -0.4 is 0 Å². The summed E-state index contributed by atoms with van der Waals surface area (Å²) in [6.45, 7) is 3.79. The molecule has 8 nitrogen and oxygen atoms in total. The molecule has 0 aliphatic heterocycles. The van der Waals surface area contributed by atoms with E-state index in [0.29, 0.717) is 16.7 Å². The van der Waals surface area contributed by atoms with Gasteiger partial charge in [0.15, 0.2) is 0 Å². The highest BCUT2D eigenvalue weighted by molar-refractivity contribution is 7.90. The minimum absolute atomic E-state index is 0.251. The summed E-state index contributed by atoms with van der Waals surface area (Å²) in [6.07, 6.45) is 5.65. The van der Waals surface area contributed by atoms with E-state index in [1.807, 2.05) is 27.0 Å². The standard InChI is InChI=1S/C19H20N4O4S/c1-11-8-22-23(3)17(11)15-6-13(7-16(12(15)2)18(24)27-4)14-9-20-19(21-10-14)28(5,25)26/h6-10H,1-5H3. The van der Waals surface area contributed by atoms with Crippen LogP contribution in [0.5, 0.6) is 0 Å². The Morgan fingerprint density at radius 1 is 1.07 bits per heavy atom. The van der Waals surface area contributed by atoms with Crippen LogP contribution in [-0.2, 0) is 21.6 Å². The van der Waals surface area contributed by atoms with Gasteiger partial charge < -0.3 is 4.74 Å². The van der Waals surface area contributed by atoms with Crippen molar-refractivity contribution in [3.05, 3.63) is 47.4 Å². The summed E-state index contributed by atoms with van der Waals surface area (Å²) in [5.74, 6) is -0.464. The topological polar surface area (TPSA) is 104 Å². The molecule has 3 rings (SSSR count). The van der Waals surface area contributed by atoms with E-state index in [4.69, 9.17) is 4.74 Å². The zero-order valence-electron chi connectivity index (χ0n) is 16.2. The van der Waals surface area contributed by atoms with Gasteiger partial charge in [0, 0.05) is 36.8 Å². The zero-order chi connectivity index (χ0) is 20.6. The highest BCUT2D eigenvalue weighted by atomic mass is 32.2. The molecule has 0 amide bonds. The number of methoxy groups -OCH3 is 1. The van der Waals surface area contributed by atoms with Crippen molar-refractivity contribution in [3.63, 3.8) is 0 Å². The third-order valence-electron chi connectivity index (χ3n) is 4.48. The molecule has 0 aliphatic carbocycles. The van der Waals surface area contributed by atoms with Gasteiger partial charge in [0.2, 0.25) is 15.0 Å². The molecule has 0 bridgehead atoms. The van der Waals surface area contributed by atoms with Gasteiger partial charge in [0.25, 0.3) is 0 Å². The molecule has 0 radical (unpaired) electrons. The minimum Gasteiger partial charge on any atom is -0.465 e. The summed E-state index contributed by atoms with van der Waals surface area (Å²) in [5, 5.41) is 4.03. The Hall–Kier alpha value is -3.07. The van der Waals surface area contributed by atoms with Crippen molar-refractivity contribution in [2.24, 2.45) is 7.05 Å². The van der Waals surface area contributed by atoms with E-state index < -0.39 is 15.8 Å². The average Bonchev–Trinajstić information content (AvgIpc) is 2.99. The van der Waals surface area contributed by atoms with E-state index in [-0.39, 0.29) is 5.16 Å². The van der Waals surface area contributed by atoms with Crippen molar-refractivity contribution in [3.8, 4) is 22.4 Å². The van der Waals surface area contributed by atoms with Crippen molar-refractivity contribution >= 4 is 15.8 Å². The van der Waals surface area contributed by atoms with Crippen LogP contribution in [0.2, 0.25) is 0 Å². The first kappa shape index (κ1) is 19.7. The predicted molar refractivity (Wildman–Crippen MR) is 104 cm³/mol. The van der Waals surface area contributed by atoms with Crippen molar-refractivity contribution in [1.29, 1.82) is 0 Å². The van der Waals surface area contributed by atoms with Gasteiger partial charge in [-0.15, -0.1) is 0 Å². The van der Waals surface area contributed by atoms with Crippen LogP contribution in [0.3, 0.4) is 0 Å². The molecule has 2 heterocycles. The van der Waals surface area contributed by atoms with E-state index in [1.54, 1.807) is 16.9 Å². The number of hydrogen-bond donors (Lipinski definition) is 0. The van der Waals surface area contributed by atoms with Crippen LogP contribution in [0.1, 0.15) is 21.5 Å². The molecule has 1 aromatic carbocycles. The number of hydrogen-bond acceptors (Lipinski definition) is 7. The van der Waals surface area contributed by atoms with E-state index in [1.165, 1.54) is 19.5 Å². The fourth-order valence-electron chi connectivity index (χ4n) is 3.04. The molecule has 0 saturated carbocycles. The Labute approximate surface area is 163 Å². The Kier molecular flexibility index (Phi) is 5.03. The fraction of sp³-hybridized carbons (Fsp3) is 0.263. The molecule has 0 unspecified atom stereocenters. The maximum absolute atomic E-state index is 12.3. The lowest BCUT2D eigenvalue weighted by atomic mass is 9.93. The van der Waals surface area contributed by atoms with Gasteiger partial charge in [-0.05, 0) is 42.7 Å². The minimum atomic E-state index is -3.50. The number of carbonyl (C=O) groups is 1. The molecule has 146 valence electrons. The van der Waals surface area contributed by atoms with Gasteiger partial charge in [0.1, 0.15) is 0 Å². The van der Waals surface area contributed by atoms with Crippen molar-refractivity contribution in [2.75, 3.05) is 13.4 Å². The molecule has 0 saturated heterocycles. The lowest BCUT2D eigenvalue weighted by Gasteiger charge is -2.15. The number of aromatic nitrogens is 4. The Morgan fingerprint density at radius 3 is 2.21 bits per heavy atom. The SMILES string of the molecule is COC(=O)c1cc(-c2cnc(S(C)(=O)=O)nc2)cc(-c2c(C)cnn2C)c1C. The highest BCUT2D eigenvalue weighted by Crippen LogP contribution is 2.33. The van der Waals surface area contributed by atoms with E-state index in [2.05, 4.69) is 15.1 Å². The second-order valence-corrected chi connectivity index (χ2v) is 8.42. The molecular formula is C19H20N4O4S. The molecule has 9 heteroatoms. The van der Waals surface area contributed by atoms with Crippen LogP contribution in [0.25, 0.3) is 22.4 Å². The van der Waals surface area contributed by atoms with Crippen molar-refractivity contribution in [2.45, 2.75) is 19.0 Å². The van der Waals surface area contributed by atoms with E-state index >= 15 is 0 Å². The normalized spacial score (nSPS) is 11.5. The third kappa shape index (κ3) is 3.53. The Bertz CT molecular complexity index is 1150. The first-order valence-corrected chi connectivity index (χ1v) is 10.3. The zero-order valence-corrected chi connectivity index (χ0v) is 17.0. The van der Waals surface area contributed by atoms with Gasteiger partial charge in [-0.3, -0.25) is 4.68 Å². The van der Waals surface area contributed by atoms with Gasteiger partial charge in [0.05, 0.1) is 24.6 Å². The summed E-state index contributed by atoms with van der Waals surface area (Å²) in [6, 6.07) is 3.60. The fourth-order valence-corrected chi connectivity index (χ4v) is 3.53. The maximum atomic E-state index is 12.3. The van der Waals surface area contributed by atoms with Crippen LogP contribution in [0.15, 0.2) is 35.9 Å². The number of ether oxygens (including phenoxy) is 1. The van der Waals surface area contributed by atoms with E-state index in [0.717, 1.165) is 28.6 Å². The number of rotatable bonds is 4. The lowest BCUT2D eigenvalue weighted by molar-refractivity contribution is 0.0600. The van der Waals surface area contributed by atoms with E-state index in [9.17, 15) is 13.2 Å². The summed E-state index contributed by atoms with van der Waals surface area (Å²) < 4.78 is 29.9. The summed E-state index contributed by atoms with van der Waals surface area (Å²) in [5.41, 5.74) is 5.07. The molecule has 28 heavy (non-hydrogen) atoms. The first-order chi connectivity index (χ1) is 13.1.